The normalized spacial score (nSPS) is 10.4. The van der Waals surface area contributed by atoms with Gasteiger partial charge in [-0.2, -0.15) is 5.10 Å². The number of hydrogen-bond donors (Lipinski definition) is 3. The SMILES string of the molecule is CCNc1cncc(C(=O)NCCCc2cn[nH]c2C)n1. The van der Waals surface area contributed by atoms with Crippen molar-refractivity contribution in [1.29, 1.82) is 0 Å². The lowest BCUT2D eigenvalue weighted by molar-refractivity contribution is 0.0948. The highest BCUT2D eigenvalue weighted by Crippen LogP contribution is 2.05. The van der Waals surface area contributed by atoms with Crippen LogP contribution < -0.4 is 10.6 Å². The van der Waals surface area contributed by atoms with Crippen LogP contribution in [0.25, 0.3) is 0 Å². The zero-order valence-electron chi connectivity index (χ0n) is 12.3. The summed E-state index contributed by atoms with van der Waals surface area (Å²) in [4.78, 5) is 20.2. The fraction of sp³-hybridized carbons (Fsp3) is 0.429. The maximum Gasteiger partial charge on any atom is 0.271 e. The predicted octanol–water partition coefficient (Wildman–Crippen LogP) is 1.30. The number of carbonyl (C=O) groups is 1. The average molecular weight is 288 g/mol. The van der Waals surface area contributed by atoms with Crippen LogP contribution >= 0.6 is 0 Å². The van der Waals surface area contributed by atoms with Gasteiger partial charge in [0.05, 0.1) is 18.6 Å². The Balaban J connectivity index is 1.79. The van der Waals surface area contributed by atoms with E-state index in [4.69, 9.17) is 0 Å². The largest absolute Gasteiger partial charge is 0.369 e. The number of aryl methyl sites for hydroxylation is 2. The third-order valence-electron chi connectivity index (χ3n) is 3.07. The van der Waals surface area contributed by atoms with Gasteiger partial charge in [-0.3, -0.25) is 14.9 Å². The molecule has 0 unspecified atom stereocenters. The number of anilines is 1. The van der Waals surface area contributed by atoms with Crippen molar-refractivity contribution in [2.24, 2.45) is 0 Å². The molecule has 0 bridgehead atoms. The second-order valence-corrected chi connectivity index (χ2v) is 4.70. The van der Waals surface area contributed by atoms with E-state index in [-0.39, 0.29) is 5.91 Å². The minimum Gasteiger partial charge on any atom is -0.369 e. The molecule has 112 valence electrons. The van der Waals surface area contributed by atoms with Gasteiger partial charge in [0.25, 0.3) is 5.91 Å². The molecule has 0 aliphatic carbocycles. The minimum absolute atomic E-state index is 0.203. The number of H-pyrrole nitrogens is 1. The molecule has 2 aromatic heterocycles. The second kappa shape index (κ2) is 7.37. The lowest BCUT2D eigenvalue weighted by Gasteiger charge is -2.06. The lowest BCUT2D eigenvalue weighted by atomic mass is 10.1. The molecule has 3 N–H and O–H groups in total. The van der Waals surface area contributed by atoms with Crippen LogP contribution in [0.3, 0.4) is 0 Å². The van der Waals surface area contributed by atoms with Crippen LogP contribution in [0.5, 0.6) is 0 Å². The number of carbonyl (C=O) groups excluding carboxylic acids is 1. The Hall–Kier alpha value is -2.44. The third-order valence-corrected chi connectivity index (χ3v) is 3.07. The smallest absolute Gasteiger partial charge is 0.271 e. The highest BCUT2D eigenvalue weighted by atomic mass is 16.1. The summed E-state index contributed by atoms with van der Waals surface area (Å²) in [5, 5.41) is 12.8. The van der Waals surface area contributed by atoms with Gasteiger partial charge in [-0.15, -0.1) is 0 Å². The summed E-state index contributed by atoms with van der Waals surface area (Å²) in [7, 11) is 0. The molecule has 2 rings (SSSR count). The first-order chi connectivity index (χ1) is 10.2. The van der Waals surface area contributed by atoms with Crippen molar-refractivity contribution >= 4 is 11.7 Å². The maximum absolute atomic E-state index is 12.0. The van der Waals surface area contributed by atoms with Gasteiger partial charge in [-0.25, -0.2) is 4.98 Å². The van der Waals surface area contributed by atoms with Crippen molar-refractivity contribution in [3.05, 3.63) is 35.5 Å². The number of aromatic amines is 1. The topological polar surface area (TPSA) is 95.6 Å². The molecule has 0 saturated heterocycles. The molecular weight excluding hydrogens is 268 g/mol. The first-order valence-corrected chi connectivity index (χ1v) is 7.03. The fourth-order valence-corrected chi connectivity index (χ4v) is 1.94. The summed E-state index contributed by atoms with van der Waals surface area (Å²) in [6.45, 7) is 5.29. The molecule has 2 aromatic rings. The van der Waals surface area contributed by atoms with E-state index in [2.05, 4.69) is 30.8 Å². The molecule has 7 nitrogen and oxygen atoms in total. The summed E-state index contributed by atoms with van der Waals surface area (Å²) in [6.07, 6.45) is 6.62. The Morgan fingerprint density at radius 3 is 2.90 bits per heavy atom. The number of nitrogens with zero attached hydrogens (tertiary/aromatic N) is 3. The van der Waals surface area contributed by atoms with Gasteiger partial charge in [0.15, 0.2) is 0 Å². The third kappa shape index (κ3) is 4.27. The fourth-order valence-electron chi connectivity index (χ4n) is 1.94. The second-order valence-electron chi connectivity index (χ2n) is 4.70. The average Bonchev–Trinajstić information content (AvgIpc) is 2.89. The monoisotopic (exact) mass is 288 g/mol. The van der Waals surface area contributed by atoms with Gasteiger partial charge in [0.2, 0.25) is 0 Å². The first-order valence-electron chi connectivity index (χ1n) is 7.03. The Morgan fingerprint density at radius 1 is 1.33 bits per heavy atom. The van der Waals surface area contributed by atoms with E-state index in [9.17, 15) is 4.79 Å². The molecule has 1 amide bonds. The molecule has 0 atom stereocenters. The Labute approximate surface area is 123 Å². The van der Waals surface area contributed by atoms with Crippen molar-refractivity contribution in [3.8, 4) is 0 Å². The van der Waals surface area contributed by atoms with Crippen LogP contribution in [0.2, 0.25) is 0 Å². The summed E-state index contributed by atoms with van der Waals surface area (Å²) in [5.41, 5.74) is 2.58. The van der Waals surface area contributed by atoms with Crippen LogP contribution in [-0.4, -0.2) is 39.2 Å². The summed E-state index contributed by atoms with van der Waals surface area (Å²) < 4.78 is 0. The number of aromatic nitrogens is 4. The Bertz CT molecular complexity index is 595. The molecule has 7 heteroatoms. The van der Waals surface area contributed by atoms with E-state index < -0.39 is 0 Å². The standard InChI is InChI=1S/C14H20N6O/c1-3-16-13-9-15-8-12(19-13)14(21)17-6-4-5-11-7-18-20-10(11)2/h7-9H,3-6H2,1-2H3,(H,16,19)(H,17,21)(H,18,20). The van der Waals surface area contributed by atoms with Crippen LogP contribution in [0.1, 0.15) is 35.1 Å². The molecule has 0 radical (unpaired) electrons. The number of hydrogen-bond acceptors (Lipinski definition) is 5. The first kappa shape index (κ1) is 15.0. The van der Waals surface area contributed by atoms with Crippen LogP contribution in [0, 0.1) is 6.92 Å². The van der Waals surface area contributed by atoms with Crippen molar-refractivity contribution < 1.29 is 4.79 Å². The van der Waals surface area contributed by atoms with Crippen molar-refractivity contribution in [1.82, 2.24) is 25.5 Å². The molecular formula is C14H20N6O. The van der Waals surface area contributed by atoms with Gasteiger partial charge in [0.1, 0.15) is 11.5 Å². The highest BCUT2D eigenvalue weighted by Gasteiger charge is 2.08. The van der Waals surface area contributed by atoms with Gasteiger partial charge >= 0.3 is 0 Å². The van der Waals surface area contributed by atoms with Gasteiger partial charge < -0.3 is 10.6 Å². The molecule has 0 spiro atoms. The lowest BCUT2D eigenvalue weighted by Crippen LogP contribution is -2.26. The zero-order chi connectivity index (χ0) is 15.1. The number of amides is 1. The Kier molecular flexibility index (Phi) is 5.25. The molecule has 21 heavy (non-hydrogen) atoms. The van der Waals surface area contributed by atoms with E-state index >= 15 is 0 Å². The van der Waals surface area contributed by atoms with E-state index in [0.29, 0.717) is 18.1 Å². The van der Waals surface area contributed by atoms with Crippen LogP contribution in [0.4, 0.5) is 5.82 Å². The predicted molar refractivity (Wildman–Crippen MR) is 80.2 cm³/mol. The van der Waals surface area contributed by atoms with Gasteiger partial charge in [0, 0.05) is 18.8 Å². The van der Waals surface area contributed by atoms with Gasteiger partial charge in [-0.05, 0) is 32.3 Å². The Morgan fingerprint density at radius 2 is 2.19 bits per heavy atom. The number of nitrogens with one attached hydrogen (secondary N) is 3. The molecule has 0 aliphatic rings. The van der Waals surface area contributed by atoms with E-state index in [1.807, 2.05) is 20.0 Å². The van der Waals surface area contributed by atoms with E-state index in [1.165, 1.54) is 11.8 Å². The molecule has 0 aliphatic heterocycles. The van der Waals surface area contributed by atoms with Crippen LogP contribution in [0.15, 0.2) is 18.6 Å². The van der Waals surface area contributed by atoms with Crippen molar-refractivity contribution in [2.45, 2.75) is 26.7 Å². The molecule has 2 heterocycles. The van der Waals surface area contributed by atoms with Crippen molar-refractivity contribution in [2.75, 3.05) is 18.4 Å². The molecule has 0 fully saturated rings. The van der Waals surface area contributed by atoms with E-state index in [0.717, 1.165) is 25.1 Å². The summed E-state index contributed by atoms with van der Waals surface area (Å²) in [5.74, 6) is 0.408. The molecule has 0 aromatic carbocycles. The molecule has 0 saturated carbocycles. The minimum atomic E-state index is -0.203. The number of rotatable bonds is 7. The van der Waals surface area contributed by atoms with Crippen molar-refractivity contribution in [3.63, 3.8) is 0 Å². The highest BCUT2D eigenvalue weighted by molar-refractivity contribution is 5.92. The quantitative estimate of drug-likeness (QED) is 0.667. The maximum atomic E-state index is 12.0. The van der Waals surface area contributed by atoms with Gasteiger partial charge in [-0.1, -0.05) is 0 Å². The van der Waals surface area contributed by atoms with E-state index in [1.54, 1.807) is 6.20 Å². The summed E-state index contributed by atoms with van der Waals surface area (Å²) in [6, 6.07) is 0. The summed E-state index contributed by atoms with van der Waals surface area (Å²) >= 11 is 0. The zero-order valence-corrected chi connectivity index (χ0v) is 12.3. The van der Waals surface area contributed by atoms with Crippen LogP contribution in [-0.2, 0) is 6.42 Å².